The zero-order chi connectivity index (χ0) is 19.5. The molecule has 1 saturated heterocycles. The molecule has 28 heavy (non-hydrogen) atoms. The Balaban J connectivity index is 1.38. The molecule has 5 nitrogen and oxygen atoms in total. The van der Waals surface area contributed by atoms with Gasteiger partial charge in [0.05, 0.1) is 0 Å². The van der Waals surface area contributed by atoms with Crippen molar-refractivity contribution in [1.29, 1.82) is 0 Å². The third-order valence-electron chi connectivity index (χ3n) is 5.36. The summed E-state index contributed by atoms with van der Waals surface area (Å²) in [4.78, 5) is 29.9. The lowest BCUT2D eigenvalue weighted by atomic mass is 10.1. The van der Waals surface area contributed by atoms with Crippen LogP contribution in [0.15, 0.2) is 53.3 Å². The van der Waals surface area contributed by atoms with Crippen LogP contribution < -0.4 is 15.8 Å². The van der Waals surface area contributed by atoms with Crippen molar-refractivity contribution < 1.29 is 4.79 Å². The Kier molecular flexibility index (Phi) is 5.15. The largest absolute Gasteiger partial charge is 0.372 e. The van der Waals surface area contributed by atoms with Crippen LogP contribution in [0.4, 0.5) is 5.69 Å². The molecule has 0 atom stereocenters. The maximum atomic E-state index is 12.4. The molecule has 1 fully saturated rings. The molecule has 2 N–H and O–H groups in total. The number of fused-ring (bicyclic) bond motifs is 1. The summed E-state index contributed by atoms with van der Waals surface area (Å²) in [5.74, 6) is -0.110. The van der Waals surface area contributed by atoms with Crippen LogP contribution >= 0.6 is 0 Å². The average molecular weight is 375 g/mol. The van der Waals surface area contributed by atoms with Crippen molar-refractivity contribution in [3.05, 3.63) is 75.6 Å². The van der Waals surface area contributed by atoms with Gasteiger partial charge in [0.1, 0.15) is 0 Å². The summed E-state index contributed by atoms with van der Waals surface area (Å²) in [7, 11) is 0. The predicted octanol–water partition coefficient (Wildman–Crippen LogP) is 3.41. The molecule has 144 valence electrons. The average Bonchev–Trinajstić information content (AvgIpc) is 3.23. The summed E-state index contributed by atoms with van der Waals surface area (Å²) < 4.78 is 0. The Hall–Kier alpha value is -3.08. The third-order valence-corrected chi connectivity index (χ3v) is 5.36. The molecule has 2 heterocycles. The Labute approximate surface area is 164 Å². The van der Waals surface area contributed by atoms with E-state index >= 15 is 0 Å². The number of aromatic amines is 1. The smallest absolute Gasteiger partial charge is 0.251 e. The molecule has 1 aliphatic rings. The van der Waals surface area contributed by atoms with Crippen LogP contribution in [0.2, 0.25) is 0 Å². The van der Waals surface area contributed by atoms with Gasteiger partial charge < -0.3 is 15.2 Å². The molecule has 2 aromatic carbocycles. The number of carbonyl (C=O) groups is 1. The van der Waals surface area contributed by atoms with E-state index in [0.29, 0.717) is 24.1 Å². The monoisotopic (exact) mass is 375 g/mol. The first kappa shape index (κ1) is 18.3. The molecule has 3 aromatic rings. The summed E-state index contributed by atoms with van der Waals surface area (Å²) in [5, 5.41) is 3.93. The maximum Gasteiger partial charge on any atom is 0.251 e. The highest BCUT2D eigenvalue weighted by Gasteiger charge is 2.13. The Morgan fingerprint density at radius 3 is 2.57 bits per heavy atom. The number of benzene rings is 2. The number of carbonyl (C=O) groups excluding carboxylic acids is 1. The highest BCUT2D eigenvalue weighted by Crippen LogP contribution is 2.20. The van der Waals surface area contributed by atoms with Crippen LogP contribution in [0.5, 0.6) is 0 Å². The normalized spacial score (nSPS) is 13.8. The van der Waals surface area contributed by atoms with E-state index in [1.165, 1.54) is 18.5 Å². The minimum atomic E-state index is -0.110. The van der Waals surface area contributed by atoms with Gasteiger partial charge in [0, 0.05) is 42.0 Å². The maximum absolute atomic E-state index is 12.4. The van der Waals surface area contributed by atoms with Crippen molar-refractivity contribution >= 4 is 22.5 Å². The molecule has 0 aliphatic carbocycles. The van der Waals surface area contributed by atoms with Gasteiger partial charge in [-0.2, -0.15) is 0 Å². The highest BCUT2D eigenvalue weighted by molar-refractivity contribution is 5.94. The van der Waals surface area contributed by atoms with Gasteiger partial charge in [0.2, 0.25) is 0 Å². The van der Waals surface area contributed by atoms with E-state index in [1.807, 2.05) is 49.4 Å². The second-order valence-corrected chi connectivity index (χ2v) is 7.46. The van der Waals surface area contributed by atoms with Crippen LogP contribution in [0, 0.1) is 6.92 Å². The number of amides is 1. The number of aryl methyl sites for hydroxylation is 1. The molecule has 0 radical (unpaired) electrons. The van der Waals surface area contributed by atoms with Crippen LogP contribution in [-0.4, -0.2) is 30.5 Å². The van der Waals surface area contributed by atoms with Gasteiger partial charge >= 0.3 is 0 Å². The number of nitrogens with one attached hydrogen (secondary N) is 2. The van der Waals surface area contributed by atoms with Gasteiger partial charge in [-0.3, -0.25) is 9.59 Å². The van der Waals surface area contributed by atoms with Gasteiger partial charge in [0.25, 0.3) is 11.5 Å². The lowest BCUT2D eigenvalue weighted by Crippen LogP contribution is -2.27. The first-order valence-electron chi connectivity index (χ1n) is 9.86. The number of anilines is 1. The summed E-state index contributed by atoms with van der Waals surface area (Å²) in [6.45, 7) is 4.63. The first-order valence-corrected chi connectivity index (χ1v) is 9.86. The Bertz CT molecular complexity index is 1050. The van der Waals surface area contributed by atoms with Crippen molar-refractivity contribution in [2.75, 3.05) is 24.5 Å². The van der Waals surface area contributed by atoms with E-state index in [2.05, 4.69) is 21.3 Å². The van der Waals surface area contributed by atoms with E-state index in [0.717, 1.165) is 29.6 Å². The van der Waals surface area contributed by atoms with E-state index in [1.54, 1.807) is 0 Å². The number of rotatable bonds is 5. The minimum absolute atomic E-state index is 0.0967. The second-order valence-electron chi connectivity index (χ2n) is 7.46. The third kappa shape index (κ3) is 3.93. The topological polar surface area (TPSA) is 65.2 Å². The zero-order valence-electron chi connectivity index (χ0n) is 16.1. The number of aromatic nitrogens is 1. The molecule has 0 bridgehead atoms. The van der Waals surface area contributed by atoms with Gasteiger partial charge in [-0.25, -0.2) is 0 Å². The van der Waals surface area contributed by atoms with E-state index in [9.17, 15) is 9.59 Å². The number of H-pyrrole nitrogens is 1. The van der Waals surface area contributed by atoms with Gasteiger partial charge in [-0.15, -0.1) is 0 Å². The second kappa shape index (κ2) is 7.89. The SMILES string of the molecule is Cc1ccc2[nH]c(=O)c(CCNC(=O)c3ccc(N4CCCC4)cc3)cc2c1. The fourth-order valence-corrected chi connectivity index (χ4v) is 3.77. The Morgan fingerprint density at radius 2 is 1.82 bits per heavy atom. The molecule has 4 rings (SSSR count). The molecule has 1 aromatic heterocycles. The molecular weight excluding hydrogens is 350 g/mol. The van der Waals surface area contributed by atoms with Gasteiger partial charge in [0.15, 0.2) is 0 Å². The van der Waals surface area contributed by atoms with E-state index in [4.69, 9.17) is 0 Å². The standard InChI is InChI=1S/C23H25N3O2/c1-16-4-9-21-19(14-16)15-18(23(28)25-21)10-11-24-22(27)17-5-7-20(8-6-17)26-12-2-3-13-26/h4-9,14-15H,2-3,10-13H2,1H3,(H,24,27)(H,25,28). The number of hydrogen-bond acceptors (Lipinski definition) is 3. The van der Waals surface area contributed by atoms with Crippen molar-refractivity contribution in [3.8, 4) is 0 Å². The zero-order valence-corrected chi connectivity index (χ0v) is 16.1. The molecule has 0 unspecified atom stereocenters. The number of hydrogen-bond donors (Lipinski definition) is 2. The summed E-state index contributed by atoms with van der Waals surface area (Å²) in [6, 6.07) is 15.6. The molecular formula is C23H25N3O2. The molecule has 5 heteroatoms. The van der Waals surface area contributed by atoms with E-state index < -0.39 is 0 Å². The molecule has 0 spiro atoms. The van der Waals surface area contributed by atoms with Gasteiger partial charge in [-0.05, 0) is 74.0 Å². The van der Waals surface area contributed by atoms with Crippen LogP contribution in [0.25, 0.3) is 10.9 Å². The highest BCUT2D eigenvalue weighted by atomic mass is 16.1. The quantitative estimate of drug-likeness (QED) is 0.718. The van der Waals surface area contributed by atoms with Crippen molar-refractivity contribution in [1.82, 2.24) is 10.3 Å². The van der Waals surface area contributed by atoms with Crippen molar-refractivity contribution in [2.24, 2.45) is 0 Å². The number of nitrogens with zero attached hydrogens (tertiary/aromatic N) is 1. The molecule has 1 amide bonds. The molecule has 0 saturated carbocycles. The Morgan fingerprint density at radius 1 is 1.07 bits per heavy atom. The van der Waals surface area contributed by atoms with Crippen LogP contribution in [0.1, 0.15) is 34.3 Å². The summed E-state index contributed by atoms with van der Waals surface area (Å²) in [5.41, 5.74) is 4.39. The minimum Gasteiger partial charge on any atom is -0.372 e. The summed E-state index contributed by atoms with van der Waals surface area (Å²) in [6.07, 6.45) is 2.96. The van der Waals surface area contributed by atoms with Crippen molar-refractivity contribution in [3.63, 3.8) is 0 Å². The fourth-order valence-electron chi connectivity index (χ4n) is 3.77. The molecule has 1 aliphatic heterocycles. The number of pyridine rings is 1. The van der Waals surface area contributed by atoms with Crippen molar-refractivity contribution in [2.45, 2.75) is 26.2 Å². The van der Waals surface area contributed by atoms with Gasteiger partial charge in [-0.1, -0.05) is 11.6 Å². The lowest BCUT2D eigenvalue weighted by Gasteiger charge is -2.17. The van der Waals surface area contributed by atoms with Crippen LogP contribution in [0.3, 0.4) is 0 Å². The first-order chi connectivity index (χ1) is 13.6. The van der Waals surface area contributed by atoms with Crippen LogP contribution in [-0.2, 0) is 6.42 Å². The lowest BCUT2D eigenvalue weighted by molar-refractivity contribution is 0.0954. The summed E-state index contributed by atoms with van der Waals surface area (Å²) >= 11 is 0. The van der Waals surface area contributed by atoms with E-state index in [-0.39, 0.29) is 11.5 Å². The fraction of sp³-hybridized carbons (Fsp3) is 0.304. The predicted molar refractivity (Wildman–Crippen MR) is 113 cm³/mol.